The molecule has 1 aromatic rings. The van der Waals surface area contributed by atoms with Crippen molar-refractivity contribution in [3.63, 3.8) is 0 Å². The van der Waals surface area contributed by atoms with E-state index in [1.807, 2.05) is 18.2 Å². The lowest BCUT2D eigenvalue weighted by atomic mass is 10.0. The van der Waals surface area contributed by atoms with E-state index >= 15 is 0 Å². The number of aliphatic hydroxyl groups is 2. The van der Waals surface area contributed by atoms with Crippen molar-refractivity contribution in [3.05, 3.63) is 30.1 Å². The van der Waals surface area contributed by atoms with Crippen LogP contribution in [0.2, 0.25) is 0 Å². The van der Waals surface area contributed by atoms with Crippen LogP contribution < -0.4 is 0 Å². The maximum Gasteiger partial charge on any atom is 0.128 e. The molecule has 14 heavy (non-hydrogen) atoms. The minimum Gasteiger partial charge on any atom is -0.384 e. The monoisotopic (exact) mass is 191 g/mol. The highest BCUT2D eigenvalue weighted by Crippen LogP contribution is 2.09. The second kappa shape index (κ2) is 4.75. The van der Waals surface area contributed by atoms with Crippen molar-refractivity contribution in [2.75, 3.05) is 6.61 Å². The molecule has 0 aliphatic heterocycles. The van der Waals surface area contributed by atoms with Gasteiger partial charge >= 0.3 is 0 Å². The Kier molecular flexibility index (Phi) is 3.63. The molecule has 3 nitrogen and oxygen atoms in total. The van der Waals surface area contributed by atoms with Gasteiger partial charge in [-0.1, -0.05) is 17.9 Å². The predicted octanol–water partition coefficient (Wildman–Crippen LogP) is 0.371. The number of aromatic nitrogens is 1. The molecule has 0 saturated heterocycles. The Morgan fingerprint density at radius 3 is 2.86 bits per heavy atom. The molecule has 0 spiro atoms. The normalized spacial score (nSPS) is 13.9. The van der Waals surface area contributed by atoms with E-state index in [1.165, 1.54) is 0 Å². The summed E-state index contributed by atoms with van der Waals surface area (Å²) < 4.78 is 0. The van der Waals surface area contributed by atoms with Gasteiger partial charge in [0.1, 0.15) is 12.2 Å². The first kappa shape index (κ1) is 10.7. The van der Waals surface area contributed by atoms with Gasteiger partial charge in [0.05, 0.1) is 0 Å². The van der Waals surface area contributed by atoms with Crippen LogP contribution in [0.3, 0.4) is 0 Å². The molecule has 2 N–H and O–H groups in total. The molecule has 0 aliphatic rings. The van der Waals surface area contributed by atoms with Crippen LogP contribution >= 0.6 is 0 Å². The molecule has 0 radical (unpaired) electrons. The molecule has 1 heterocycles. The number of rotatable bonds is 2. The van der Waals surface area contributed by atoms with Gasteiger partial charge in [0, 0.05) is 18.3 Å². The Balaban J connectivity index is 2.68. The van der Waals surface area contributed by atoms with Crippen LogP contribution in [0.15, 0.2) is 24.4 Å². The maximum absolute atomic E-state index is 9.77. The van der Waals surface area contributed by atoms with Gasteiger partial charge < -0.3 is 10.2 Å². The Bertz CT molecular complexity index is 335. The Hall–Kier alpha value is -1.37. The van der Waals surface area contributed by atoms with Crippen molar-refractivity contribution in [1.82, 2.24) is 4.98 Å². The van der Waals surface area contributed by atoms with E-state index in [1.54, 1.807) is 13.1 Å². The fourth-order valence-corrected chi connectivity index (χ4v) is 1.13. The number of hydrogen-bond donors (Lipinski definition) is 2. The molecule has 0 fully saturated rings. The lowest BCUT2D eigenvalue weighted by Crippen LogP contribution is -2.25. The summed E-state index contributed by atoms with van der Waals surface area (Å²) in [6.07, 6.45) is 2.03. The SMILES string of the molecule is CC(O)(C#CCO)Cc1ccccn1. The van der Waals surface area contributed by atoms with Gasteiger partial charge in [0.15, 0.2) is 0 Å². The molecule has 0 bridgehead atoms. The van der Waals surface area contributed by atoms with Gasteiger partial charge in [-0.15, -0.1) is 0 Å². The van der Waals surface area contributed by atoms with Crippen LogP contribution in [0.1, 0.15) is 12.6 Å². The van der Waals surface area contributed by atoms with Crippen LogP contribution in [-0.4, -0.2) is 27.4 Å². The highest BCUT2D eigenvalue weighted by Gasteiger charge is 2.17. The van der Waals surface area contributed by atoms with E-state index in [2.05, 4.69) is 16.8 Å². The number of pyridine rings is 1. The summed E-state index contributed by atoms with van der Waals surface area (Å²) >= 11 is 0. The van der Waals surface area contributed by atoms with Gasteiger partial charge in [-0.3, -0.25) is 4.98 Å². The van der Waals surface area contributed by atoms with E-state index in [0.29, 0.717) is 6.42 Å². The third-order valence-electron chi connectivity index (χ3n) is 1.69. The molecule has 1 atom stereocenters. The third kappa shape index (κ3) is 3.56. The lowest BCUT2D eigenvalue weighted by Gasteiger charge is -2.15. The van der Waals surface area contributed by atoms with E-state index in [0.717, 1.165) is 5.69 Å². The van der Waals surface area contributed by atoms with Crippen LogP contribution in [-0.2, 0) is 6.42 Å². The van der Waals surface area contributed by atoms with Crippen molar-refractivity contribution in [2.24, 2.45) is 0 Å². The second-order valence-corrected chi connectivity index (χ2v) is 3.23. The van der Waals surface area contributed by atoms with Crippen molar-refractivity contribution in [3.8, 4) is 11.8 Å². The van der Waals surface area contributed by atoms with Gasteiger partial charge in [0.2, 0.25) is 0 Å². The van der Waals surface area contributed by atoms with Crippen molar-refractivity contribution in [1.29, 1.82) is 0 Å². The fourth-order valence-electron chi connectivity index (χ4n) is 1.13. The smallest absolute Gasteiger partial charge is 0.128 e. The van der Waals surface area contributed by atoms with E-state index in [4.69, 9.17) is 5.11 Å². The largest absolute Gasteiger partial charge is 0.384 e. The summed E-state index contributed by atoms with van der Waals surface area (Å²) in [6, 6.07) is 5.50. The first-order chi connectivity index (χ1) is 6.64. The zero-order valence-corrected chi connectivity index (χ0v) is 8.07. The number of nitrogens with zero attached hydrogens (tertiary/aromatic N) is 1. The van der Waals surface area contributed by atoms with Crippen molar-refractivity contribution >= 4 is 0 Å². The average Bonchev–Trinajstić information content (AvgIpc) is 2.16. The minimum absolute atomic E-state index is 0.238. The molecule has 3 heteroatoms. The van der Waals surface area contributed by atoms with Crippen molar-refractivity contribution < 1.29 is 10.2 Å². The Labute approximate surface area is 83.4 Å². The Morgan fingerprint density at radius 2 is 2.29 bits per heavy atom. The van der Waals surface area contributed by atoms with E-state index in [-0.39, 0.29) is 6.61 Å². The van der Waals surface area contributed by atoms with E-state index < -0.39 is 5.60 Å². The first-order valence-electron chi connectivity index (χ1n) is 4.37. The number of aliphatic hydroxyl groups excluding tert-OH is 1. The van der Waals surface area contributed by atoms with Crippen molar-refractivity contribution in [2.45, 2.75) is 18.9 Å². The average molecular weight is 191 g/mol. The zero-order chi connectivity index (χ0) is 10.4. The fraction of sp³-hybridized carbons (Fsp3) is 0.364. The van der Waals surface area contributed by atoms with Crippen LogP contribution in [0.5, 0.6) is 0 Å². The summed E-state index contributed by atoms with van der Waals surface area (Å²) in [5, 5.41) is 18.3. The molecule has 74 valence electrons. The molecule has 0 aliphatic carbocycles. The van der Waals surface area contributed by atoms with Crippen LogP contribution in [0, 0.1) is 11.8 Å². The van der Waals surface area contributed by atoms with Gasteiger partial charge in [-0.2, -0.15) is 0 Å². The molecule has 1 rings (SSSR count). The highest BCUT2D eigenvalue weighted by molar-refractivity contribution is 5.17. The van der Waals surface area contributed by atoms with Gasteiger partial charge in [-0.05, 0) is 19.1 Å². The van der Waals surface area contributed by atoms with E-state index in [9.17, 15) is 5.11 Å². The summed E-state index contributed by atoms with van der Waals surface area (Å²) in [7, 11) is 0. The van der Waals surface area contributed by atoms with Crippen LogP contribution in [0.4, 0.5) is 0 Å². The molecular weight excluding hydrogens is 178 g/mol. The molecule has 1 aromatic heterocycles. The summed E-state index contributed by atoms with van der Waals surface area (Å²) in [5.41, 5.74) is -0.346. The number of hydrogen-bond acceptors (Lipinski definition) is 3. The van der Waals surface area contributed by atoms with Crippen LogP contribution in [0.25, 0.3) is 0 Å². The van der Waals surface area contributed by atoms with Gasteiger partial charge in [0.25, 0.3) is 0 Å². The zero-order valence-electron chi connectivity index (χ0n) is 8.07. The summed E-state index contributed by atoms with van der Waals surface area (Å²) in [6.45, 7) is 1.36. The molecule has 1 unspecified atom stereocenters. The summed E-state index contributed by atoms with van der Waals surface area (Å²) in [5.74, 6) is 5.01. The second-order valence-electron chi connectivity index (χ2n) is 3.23. The topological polar surface area (TPSA) is 53.4 Å². The third-order valence-corrected chi connectivity index (χ3v) is 1.69. The molecule has 0 amide bonds. The first-order valence-corrected chi connectivity index (χ1v) is 4.37. The van der Waals surface area contributed by atoms with Gasteiger partial charge in [-0.25, -0.2) is 0 Å². The lowest BCUT2D eigenvalue weighted by molar-refractivity contribution is 0.121. The molecule has 0 aromatic carbocycles. The molecular formula is C11H13NO2. The molecule has 0 saturated carbocycles. The quantitative estimate of drug-likeness (QED) is 0.664. The predicted molar refractivity (Wildman–Crippen MR) is 53.4 cm³/mol. The maximum atomic E-state index is 9.77. The Morgan fingerprint density at radius 1 is 1.50 bits per heavy atom. The summed E-state index contributed by atoms with van der Waals surface area (Å²) in [4.78, 5) is 4.08. The standard InChI is InChI=1S/C11H13NO2/c1-11(14,6-4-8-13)9-10-5-2-3-7-12-10/h2-3,5,7,13-14H,8-9H2,1H3. The minimum atomic E-state index is -1.13. The highest BCUT2D eigenvalue weighted by atomic mass is 16.3.